The van der Waals surface area contributed by atoms with Crippen molar-refractivity contribution in [2.75, 3.05) is 6.61 Å². The van der Waals surface area contributed by atoms with Crippen LogP contribution in [0.4, 0.5) is 0 Å². The standard InChI is InChI=1S/C12H15N3O3/c1-2-18-11(16)8-10(13)14-15-12(17)9-6-4-3-5-7-9/h3-7H,2,8H2,1H3,(H2,13,14)(H,15,17). The Balaban J connectivity index is 2.48. The van der Waals surface area contributed by atoms with E-state index in [4.69, 9.17) is 10.5 Å². The maximum Gasteiger partial charge on any atom is 0.313 e. The molecule has 3 N–H and O–H groups in total. The molecule has 0 bridgehead atoms. The highest BCUT2D eigenvalue weighted by Crippen LogP contribution is 1.97. The SMILES string of the molecule is CCOC(=O)C/C(N)=N/NC(=O)c1ccccc1. The Labute approximate surface area is 105 Å². The lowest BCUT2D eigenvalue weighted by molar-refractivity contribution is -0.141. The van der Waals surface area contributed by atoms with E-state index >= 15 is 0 Å². The summed E-state index contributed by atoms with van der Waals surface area (Å²) in [6.07, 6.45) is -0.150. The summed E-state index contributed by atoms with van der Waals surface area (Å²) in [7, 11) is 0. The van der Waals surface area contributed by atoms with E-state index in [1.54, 1.807) is 37.3 Å². The first kappa shape index (κ1) is 13.7. The lowest BCUT2D eigenvalue weighted by atomic mass is 10.2. The van der Waals surface area contributed by atoms with E-state index in [1.165, 1.54) is 0 Å². The van der Waals surface area contributed by atoms with Gasteiger partial charge >= 0.3 is 5.97 Å². The molecule has 0 atom stereocenters. The monoisotopic (exact) mass is 249 g/mol. The van der Waals surface area contributed by atoms with Gasteiger partial charge in [-0.2, -0.15) is 5.10 Å². The molecule has 0 aliphatic carbocycles. The number of nitrogens with zero attached hydrogens (tertiary/aromatic N) is 1. The van der Waals surface area contributed by atoms with Gasteiger partial charge in [0.25, 0.3) is 5.91 Å². The summed E-state index contributed by atoms with van der Waals surface area (Å²) < 4.78 is 4.69. The van der Waals surface area contributed by atoms with Crippen molar-refractivity contribution in [1.82, 2.24) is 5.43 Å². The molecule has 6 nitrogen and oxygen atoms in total. The Morgan fingerprint density at radius 3 is 2.61 bits per heavy atom. The summed E-state index contributed by atoms with van der Waals surface area (Å²) in [6, 6.07) is 8.56. The second kappa shape index (κ2) is 7.05. The molecule has 0 unspecified atom stereocenters. The van der Waals surface area contributed by atoms with Gasteiger partial charge in [0.1, 0.15) is 12.3 Å². The van der Waals surface area contributed by atoms with Crippen molar-refractivity contribution in [2.24, 2.45) is 10.8 Å². The Morgan fingerprint density at radius 2 is 2.00 bits per heavy atom. The number of benzene rings is 1. The second-order valence-corrected chi connectivity index (χ2v) is 3.39. The maximum atomic E-state index is 11.6. The quantitative estimate of drug-likeness (QED) is 0.346. The number of hydrazone groups is 1. The highest BCUT2D eigenvalue weighted by molar-refractivity contribution is 5.98. The smallest absolute Gasteiger partial charge is 0.313 e. The Bertz CT molecular complexity index is 443. The van der Waals surface area contributed by atoms with Crippen LogP contribution in [-0.4, -0.2) is 24.3 Å². The average Bonchev–Trinajstić information content (AvgIpc) is 2.37. The second-order valence-electron chi connectivity index (χ2n) is 3.39. The minimum absolute atomic E-state index is 0.00210. The Hall–Kier alpha value is -2.37. The zero-order valence-corrected chi connectivity index (χ0v) is 10.1. The Morgan fingerprint density at radius 1 is 1.33 bits per heavy atom. The maximum absolute atomic E-state index is 11.6. The summed E-state index contributed by atoms with van der Waals surface area (Å²) >= 11 is 0. The molecule has 1 amide bonds. The molecule has 0 aliphatic rings. The average molecular weight is 249 g/mol. The summed E-state index contributed by atoms with van der Waals surface area (Å²) in [4.78, 5) is 22.6. The van der Waals surface area contributed by atoms with Crippen molar-refractivity contribution < 1.29 is 14.3 Å². The van der Waals surface area contributed by atoms with Crippen LogP contribution in [0.2, 0.25) is 0 Å². The van der Waals surface area contributed by atoms with Crippen molar-refractivity contribution in [3.63, 3.8) is 0 Å². The third-order valence-corrected chi connectivity index (χ3v) is 1.97. The van der Waals surface area contributed by atoms with E-state index in [-0.39, 0.29) is 24.8 Å². The van der Waals surface area contributed by atoms with E-state index < -0.39 is 5.97 Å². The molecule has 0 spiro atoms. The van der Waals surface area contributed by atoms with E-state index in [0.29, 0.717) is 5.56 Å². The first-order valence-corrected chi connectivity index (χ1v) is 5.46. The number of nitrogens with two attached hydrogens (primary N) is 1. The molecule has 0 saturated carbocycles. The van der Waals surface area contributed by atoms with Gasteiger partial charge in [0.05, 0.1) is 6.61 Å². The van der Waals surface area contributed by atoms with E-state index in [9.17, 15) is 9.59 Å². The number of nitrogens with one attached hydrogen (secondary N) is 1. The Kier molecular flexibility index (Phi) is 5.37. The third kappa shape index (κ3) is 4.65. The zero-order chi connectivity index (χ0) is 13.4. The van der Waals surface area contributed by atoms with E-state index in [1.807, 2.05) is 0 Å². The van der Waals surface area contributed by atoms with Gasteiger partial charge in [-0.25, -0.2) is 5.43 Å². The number of esters is 1. The van der Waals surface area contributed by atoms with Gasteiger partial charge in [-0.15, -0.1) is 0 Å². The number of carbonyl (C=O) groups is 2. The fourth-order valence-corrected chi connectivity index (χ4v) is 1.18. The number of rotatable bonds is 5. The fraction of sp³-hybridized carbons (Fsp3) is 0.250. The number of carbonyl (C=O) groups excluding carboxylic acids is 2. The van der Waals surface area contributed by atoms with Gasteiger partial charge in [0.2, 0.25) is 0 Å². The van der Waals surface area contributed by atoms with Gasteiger partial charge in [-0.3, -0.25) is 9.59 Å². The van der Waals surface area contributed by atoms with Crippen molar-refractivity contribution in [2.45, 2.75) is 13.3 Å². The molecule has 0 aromatic heterocycles. The fourth-order valence-electron chi connectivity index (χ4n) is 1.18. The van der Waals surface area contributed by atoms with E-state index in [0.717, 1.165) is 0 Å². The minimum Gasteiger partial charge on any atom is -0.466 e. The van der Waals surface area contributed by atoms with Crippen LogP contribution >= 0.6 is 0 Å². The molecule has 0 fully saturated rings. The van der Waals surface area contributed by atoms with Crippen LogP contribution < -0.4 is 11.2 Å². The number of amides is 1. The molecule has 0 aliphatic heterocycles. The molecule has 0 radical (unpaired) electrons. The van der Waals surface area contributed by atoms with Gasteiger partial charge in [-0.1, -0.05) is 18.2 Å². The van der Waals surface area contributed by atoms with Crippen molar-refractivity contribution in [3.8, 4) is 0 Å². The first-order chi connectivity index (χ1) is 8.63. The normalized spacial score (nSPS) is 10.8. The van der Waals surface area contributed by atoms with Crippen molar-refractivity contribution in [3.05, 3.63) is 35.9 Å². The molecule has 96 valence electrons. The summed E-state index contributed by atoms with van der Waals surface area (Å²) in [5, 5.41) is 3.62. The summed E-state index contributed by atoms with van der Waals surface area (Å²) in [5.74, 6) is -0.868. The van der Waals surface area contributed by atoms with Crippen LogP contribution in [0.1, 0.15) is 23.7 Å². The van der Waals surface area contributed by atoms with Gasteiger partial charge in [-0.05, 0) is 19.1 Å². The lowest BCUT2D eigenvalue weighted by Crippen LogP contribution is -2.25. The molecule has 18 heavy (non-hydrogen) atoms. The summed E-state index contributed by atoms with van der Waals surface area (Å²) in [6.45, 7) is 1.98. The van der Waals surface area contributed by atoms with Crippen LogP contribution in [0.5, 0.6) is 0 Å². The number of amidine groups is 1. The van der Waals surface area contributed by atoms with Crippen molar-refractivity contribution >= 4 is 17.7 Å². The van der Waals surface area contributed by atoms with Crippen LogP contribution in [0.15, 0.2) is 35.4 Å². The number of ether oxygens (including phenoxy) is 1. The third-order valence-electron chi connectivity index (χ3n) is 1.97. The first-order valence-electron chi connectivity index (χ1n) is 5.46. The molecular formula is C12H15N3O3. The predicted octanol–water partition coefficient (Wildman–Crippen LogP) is 0.642. The highest BCUT2D eigenvalue weighted by atomic mass is 16.5. The topological polar surface area (TPSA) is 93.8 Å². The predicted molar refractivity (Wildman–Crippen MR) is 66.8 cm³/mol. The lowest BCUT2D eigenvalue weighted by Gasteiger charge is -2.02. The van der Waals surface area contributed by atoms with Crippen LogP contribution in [0, 0.1) is 0 Å². The van der Waals surface area contributed by atoms with E-state index in [2.05, 4.69) is 10.5 Å². The molecule has 1 aromatic rings. The molecular weight excluding hydrogens is 234 g/mol. The molecule has 1 rings (SSSR count). The molecule has 0 saturated heterocycles. The van der Waals surface area contributed by atoms with Crippen LogP contribution in [-0.2, 0) is 9.53 Å². The van der Waals surface area contributed by atoms with Crippen molar-refractivity contribution in [1.29, 1.82) is 0 Å². The summed E-state index contributed by atoms with van der Waals surface area (Å²) in [5.41, 5.74) is 8.19. The molecule has 0 heterocycles. The minimum atomic E-state index is -0.479. The van der Waals surface area contributed by atoms with Gasteiger partial charge in [0.15, 0.2) is 0 Å². The largest absolute Gasteiger partial charge is 0.466 e. The van der Waals surface area contributed by atoms with Gasteiger partial charge in [0, 0.05) is 5.56 Å². The molecule has 6 heteroatoms. The zero-order valence-electron chi connectivity index (χ0n) is 10.1. The van der Waals surface area contributed by atoms with Gasteiger partial charge < -0.3 is 10.5 Å². The molecule has 1 aromatic carbocycles. The number of hydrogen-bond acceptors (Lipinski definition) is 4. The van der Waals surface area contributed by atoms with Crippen LogP contribution in [0.3, 0.4) is 0 Å². The highest BCUT2D eigenvalue weighted by Gasteiger charge is 2.06. The van der Waals surface area contributed by atoms with Crippen LogP contribution in [0.25, 0.3) is 0 Å². The number of hydrogen-bond donors (Lipinski definition) is 2.